The number of nitrogens with zero attached hydrogens (tertiary/aromatic N) is 1. The van der Waals surface area contributed by atoms with Gasteiger partial charge in [-0.15, -0.1) is 12.4 Å². The molecule has 0 saturated carbocycles. The number of piperidine rings is 1. The number of amides is 1. The average molecular weight is 368 g/mol. The Bertz CT molecular complexity index is 572. The molecule has 1 fully saturated rings. The third kappa shape index (κ3) is 6.42. The zero-order valence-corrected chi connectivity index (χ0v) is 16.2. The molecule has 1 amide bonds. The molecule has 2 N–H and O–H groups in total. The number of likely N-dealkylation sites (tertiary alicyclic amines) is 1. The molecule has 2 rings (SSSR count). The van der Waals surface area contributed by atoms with Gasteiger partial charge in [-0.25, -0.2) is 0 Å². The van der Waals surface area contributed by atoms with Crippen LogP contribution in [0.5, 0.6) is 0 Å². The van der Waals surface area contributed by atoms with Crippen molar-refractivity contribution in [2.75, 3.05) is 32.0 Å². The summed E-state index contributed by atoms with van der Waals surface area (Å²) in [5.74, 6) is 0.753. The van der Waals surface area contributed by atoms with Gasteiger partial charge in [0.1, 0.15) is 0 Å². The highest BCUT2D eigenvalue weighted by atomic mass is 35.5. The molecular formula is C19H30ClN3O2. The molecule has 0 radical (unpaired) electrons. The molecule has 6 heteroatoms. The van der Waals surface area contributed by atoms with Gasteiger partial charge >= 0.3 is 0 Å². The number of rotatable bonds is 7. The standard InChI is InChI=1S/C19H29N3O2.ClH/c1-14(22-11-8-16(9-12-22)7-10-20-3)19(24)21-18-6-4-5-17(13-18)15(2)23;/h4-6,13-14,16,20H,7-12H2,1-3H3,(H,21,24);1H. The summed E-state index contributed by atoms with van der Waals surface area (Å²) >= 11 is 0. The highest BCUT2D eigenvalue weighted by Gasteiger charge is 2.26. The zero-order chi connectivity index (χ0) is 17.5. The Balaban J connectivity index is 0.00000312. The second-order valence-electron chi connectivity index (χ2n) is 6.67. The summed E-state index contributed by atoms with van der Waals surface area (Å²) in [6.45, 7) is 6.49. The van der Waals surface area contributed by atoms with Gasteiger partial charge in [-0.1, -0.05) is 12.1 Å². The molecule has 1 unspecified atom stereocenters. The maximum absolute atomic E-state index is 12.5. The lowest BCUT2D eigenvalue weighted by Gasteiger charge is -2.35. The molecule has 0 bridgehead atoms. The minimum Gasteiger partial charge on any atom is -0.325 e. The van der Waals surface area contributed by atoms with Gasteiger partial charge in [-0.05, 0) is 77.8 Å². The quantitative estimate of drug-likeness (QED) is 0.727. The van der Waals surface area contributed by atoms with Crippen molar-refractivity contribution >= 4 is 29.8 Å². The number of anilines is 1. The Morgan fingerprint density at radius 1 is 1.28 bits per heavy atom. The maximum atomic E-state index is 12.5. The smallest absolute Gasteiger partial charge is 0.241 e. The number of hydrogen-bond donors (Lipinski definition) is 2. The van der Waals surface area contributed by atoms with Gasteiger partial charge < -0.3 is 10.6 Å². The number of benzene rings is 1. The fraction of sp³-hybridized carbons (Fsp3) is 0.579. The van der Waals surface area contributed by atoms with Gasteiger partial charge in [-0.2, -0.15) is 0 Å². The van der Waals surface area contributed by atoms with Crippen LogP contribution in [0.15, 0.2) is 24.3 Å². The first-order chi connectivity index (χ1) is 11.5. The predicted molar refractivity (Wildman–Crippen MR) is 105 cm³/mol. The number of hydrogen-bond acceptors (Lipinski definition) is 4. The lowest BCUT2D eigenvalue weighted by atomic mass is 9.93. The van der Waals surface area contributed by atoms with Crippen molar-refractivity contribution in [1.82, 2.24) is 10.2 Å². The largest absolute Gasteiger partial charge is 0.325 e. The molecule has 25 heavy (non-hydrogen) atoms. The van der Waals surface area contributed by atoms with E-state index >= 15 is 0 Å². The number of nitrogens with one attached hydrogen (secondary N) is 2. The van der Waals surface area contributed by atoms with Gasteiger partial charge in [0, 0.05) is 11.3 Å². The molecular weight excluding hydrogens is 338 g/mol. The molecule has 0 spiro atoms. The van der Waals surface area contributed by atoms with Crippen molar-refractivity contribution in [2.45, 2.75) is 39.2 Å². The van der Waals surface area contributed by atoms with Crippen LogP contribution >= 0.6 is 12.4 Å². The van der Waals surface area contributed by atoms with Crippen LogP contribution in [0.25, 0.3) is 0 Å². The molecule has 1 aliphatic rings. The highest BCUT2D eigenvalue weighted by molar-refractivity contribution is 5.98. The molecule has 0 aliphatic carbocycles. The minimum atomic E-state index is -0.156. The number of carbonyl (C=O) groups is 2. The van der Waals surface area contributed by atoms with Gasteiger partial charge in [-0.3, -0.25) is 14.5 Å². The van der Waals surface area contributed by atoms with Crippen LogP contribution in [-0.4, -0.2) is 49.3 Å². The fourth-order valence-electron chi connectivity index (χ4n) is 3.21. The minimum absolute atomic E-state index is 0. The molecule has 140 valence electrons. The Kier molecular flexibility index (Phi) is 9.11. The van der Waals surface area contributed by atoms with Gasteiger partial charge in [0.2, 0.25) is 5.91 Å². The van der Waals surface area contributed by atoms with Crippen molar-refractivity contribution < 1.29 is 9.59 Å². The van der Waals surface area contributed by atoms with E-state index in [1.807, 2.05) is 20.0 Å². The van der Waals surface area contributed by atoms with Crippen LogP contribution in [-0.2, 0) is 4.79 Å². The summed E-state index contributed by atoms with van der Waals surface area (Å²) in [6, 6.07) is 6.95. The van der Waals surface area contributed by atoms with E-state index in [2.05, 4.69) is 15.5 Å². The lowest BCUT2D eigenvalue weighted by Crippen LogP contribution is -2.46. The monoisotopic (exact) mass is 367 g/mol. The normalized spacial score (nSPS) is 16.8. The lowest BCUT2D eigenvalue weighted by molar-refractivity contribution is -0.121. The number of carbonyl (C=O) groups excluding carboxylic acids is 2. The van der Waals surface area contributed by atoms with Crippen molar-refractivity contribution in [2.24, 2.45) is 5.92 Å². The Labute approximate surface area is 157 Å². The van der Waals surface area contributed by atoms with Crippen molar-refractivity contribution in [1.29, 1.82) is 0 Å². The average Bonchev–Trinajstić information content (AvgIpc) is 2.60. The van der Waals surface area contributed by atoms with E-state index in [0.717, 1.165) is 38.4 Å². The van der Waals surface area contributed by atoms with E-state index in [9.17, 15) is 9.59 Å². The molecule has 1 atom stereocenters. The molecule has 1 aromatic rings. The Morgan fingerprint density at radius 2 is 1.96 bits per heavy atom. The number of ketones is 1. The van der Waals surface area contributed by atoms with E-state index < -0.39 is 0 Å². The van der Waals surface area contributed by atoms with Gasteiger partial charge in [0.05, 0.1) is 6.04 Å². The van der Waals surface area contributed by atoms with Crippen LogP contribution in [0, 0.1) is 5.92 Å². The SMILES string of the molecule is CNCCC1CCN(C(C)C(=O)Nc2cccc(C(C)=O)c2)CC1.Cl. The van der Waals surface area contributed by atoms with Crippen LogP contribution in [0.1, 0.15) is 43.5 Å². The summed E-state index contributed by atoms with van der Waals surface area (Å²) in [4.78, 5) is 26.2. The Hall–Kier alpha value is -1.43. The molecule has 0 aromatic heterocycles. The zero-order valence-electron chi connectivity index (χ0n) is 15.4. The number of halogens is 1. The molecule has 5 nitrogen and oxygen atoms in total. The molecule has 1 heterocycles. The first kappa shape index (κ1) is 21.6. The highest BCUT2D eigenvalue weighted by Crippen LogP contribution is 2.22. The first-order valence-corrected chi connectivity index (χ1v) is 8.81. The summed E-state index contributed by atoms with van der Waals surface area (Å²) in [5, 5.41) is 6.14. The molecule has 1 saturated heterocycles. The third-order valence-electron chi connectivity index (χ3n) is 4.92. The van der Waals surface area contributed by atoms with E-state index in [1.54, 1.807) is 18.2 Å². The van der Waals surface area contributed by atoms with Crippen molar-refractivity contribution in [3.8, 4) is 0 Å². The molecule has 1 aliphatic heterocycles. The van der Waals surface area contributed by atoms with E-state index in [-0.39, 0.29) is 30.1 Å². The third-order valence-corrected chi connectivity index (χ3v) is 4.92. The van der Waals surface area contributed by atoms with Crippen molar-refractivity contribution in [3.05, 3.63) is 29.8 Å². The first-order valence-electron chi connectivity index (χ1n) is 8.81. The topological polar surface area (TPSA) is 61.4 Å². The van der Waals surface area contributed by atoms with Crippen molar-refractivity contribution in [3.63, 3.8) is 0 Å². The van der Waals surface area contributed by atoms with Gasteiger partial charge in [0.15, 0.2) is 5.78 Å². The van der Waals surface area contributed by atoms with Crippen LogP contribution in [0.3, 0.4) is 0 Å². The molecule has 1 aromatic carbocycles. The summed E-state index contributed by atoms with van der Waals surface area (Å²) in [7, 11) is 1.99. The van der Waals surface area contributed by atoms with E-state index in [0.29, 0.717) is 11.3 Å². The summed E-state index contributed by atoms with van der Waals surface area (Å²) in [5.41, 5.74) is 1.30. The summed E-state index contributed by atoms with van der Waals surface area (Å²) in [6.07, 6.45) is 3.51. The predicted octanol–water partition coefficient (Wildman–Crippen LogP) is 2.96. The number of Topliss-reactive ketones (excluding diaryl/α,β-unsaturated/α-hetero) is 1. The maximum Gasteiger partial charge on any atom is 0.241 e. The van der Waals surface area contributed by atoms with Crippen LogP contribution in [0.2, 0.25) is 0 Å². The van der Waals surface area contributed by atoms with Crippen LogP contribution < -0.4 is 10.6 Å². The summed E-state index contributed by atoms with van der Waals surface area (Å²) < 4.78 is 0. The van der Waals surface area contributed by atoms with E-state index in [4.69, 9.17) is 0 Å². The Morgan fingerprint density at radius 3 is 2.56 bits per heavy atom. The van der Waals surface area contributed by atoms with Gasteiger partial charge in [0.25, 0.3) is 0 Å². The second-order valence-corrected chi connectivity index (χ2v) is 6.67. The fourth-order valence-corrected chi connectivity index (χ4v) is 3.21. The van der Waals surface area contributed by atoms with Crippen LogP contribution in [0.4, 0.5) is 5.69 Å². The van der Waals surface area contributed by atoms with E-state index in [1.165, 1.54) is 13.3 Å². The second kappa shape index (κ2) is 10.5.